The Balaban J connectivity index is 1.44. The molecule has 6 nitrogen and oxygen atoms in total. The number of carbonyl (C=O) groups excluding carboxylic acids is 1. The van der Waals surface area contributed by atoms with Crippen molar-refractivity contribution in [3.63, 3.8) is 0 Å². The molecule has 1 heterocycles. The summed E-state index contributed by atoms with van der Waals surface area (Å²) in [4.78, 5) is 14.1. The molecule has 1 fully saturated rings. The number of likely N-dealkylation sites (tertiary alicyclic amines) is 1. The summed E-state index contributed by atoms with van der Waals surface area (Å²) in [5.74, 6) is 0.813. The van der Waals surface area contributed by atoms with E-state index in [0.29, 0.717) is 32.4 Å². The Morgan fingerprint density at radius 3 is 2.55 bits per heavy atom. The van der Waals surface area contributed by atoms with Gasteiger partial charge in [0.2, 0.25) is 5.91 Å². The number of aliphatic hydroxyl groups excluding tert-OH is 1. The molecule has 1 amide bonds. The van der Waals surface area contributed by atoms with Gasteiger partial charge in [-0.25, -0.2) is 0 Å². The molecule has 0 aliphatic carbocycles. The first-order valence-corrected chi connectivity index (χ1v) is 10.1. The van der Waals surface area contributed by atoms with E-state index in [9.17, 15) is 15.0 Å². The van der Waals surface area contributed by atoms with Gasteiger partial charge in [0.05, 0.1) is 7.11 Å². The highest BCUT2D eigenvalue weighted by Crippen LogP contribution is 2.23. The van der Waals surface area contributed by atoms with Gasteiger partial charge in [0.1, 0.15) is 17.5 Å². The van der Waals surface area contributed by atoms with E-state index in [-0.39, 0.29) is 19.0 Å². The highest BCUT2D eigenvalue weighted by Gasteiger charge is 2.41. The first-order valence-electron chi connectivity index (χ1n) is 10.1. The van der Waals surface area contributed by atoms with Gasteiger partial charge in [-0.3, -0.25) is 4.79 Å². The number of ether oxygens (including phenoxy) is 1. The van der Waals surface area contributed by atoms with E-state index in [1.54, 1.807) is 12.0 Å². The molecule has 156 valence electrons. The highest BCUT2D eigenvalue weighted by atomic mass is 16.5. The number of nitrogens with zero attached hydrogens (tertiary/aromatic N) is 1. The summed E-state index contributed by atoms with van der Waals surface area (Å²) in [6.45, 7) is 1.46. The van der Waals surface area contributed by atoms with Crippen molar-refractivity contribution in [3.8, 4) is 5.75 Å². The van der Waals surface area contributed by atoms with Gasteiger partial charge >= 0.3 is 0 Å². The zero-order valence-corrected chi connectivity index (χ0v) is 16.9. The second-order valence-electron chi connectivity index (χ2n) is 7.65. The van der Waals surface area contributed by atoms with E-state index in [1.165, 1.54) is 0 Å². The maximum Gasteiger partial charge on any atom is 0.222 e. The molecular weight excluding hydrogens is 368 g/mol. The maximum atomic E-state index is 12.5. The van der Waals surface area contributed by atoms with Crippen molar-refractivity contribution in [2.45, 2.75) is 37.5 Å². The monoisotopic (exact) mass is 398 g/mol. The number of aliphatic hydroxyl groups is 2. The number of β-amino-alcohol motifs (C(OH)–C–C–N with tert-alkyl or cyclic N) is 1. The molecule has 1 saturated heterocycles. The maximum absolute atomic E-state index is 12.5. The second-order valence-corrected chi connectivity index (χ2v) is 7.65. The number of amides is 1. The van der Waals surface area contributed by atoms with Crippen LogP contribution < -0.4 is 10.1 Å². The summed E-state index contributed by atoms with van der Waals surface area (Å²) in [7, 11) is 1.63. The Kier molecular flexibility index (Phi) is 7.25. The van der Waals surface area contributed by atoms with Gasteiger partial charge in [-0.15, -0.1) is 0 Å². The fourth-order valence-corrected chi connectivity index (χ4v) is 3.62. The van der Waals surface area contributed by atoms with Crippen LogP contribution in [0.1, 0.15) is 24.0 Å². The lowest BCUT2D eigenvalue weighted by molar-refractivity contribution is -0.148. The molecular formula is C23H30N2O4. The van der Waals surface area contributed by atoms with Crippen molar-refractivity contribution >= 4 is 5.91 Å². The molecule has 29 heavy (non-hydrogen) atoms. The van der Waals surface area contributed by atoms with E-state index in [4.69, 9.17) is 4.74 Å². The number of hydrogen-bond acceptors (Lipinski definition) is 5. The summed E-state index contributed by atoms with van der Waals surface area (Å²) in [6.07, 6.45) is 0.464. The lowest BCUT2D eigenvalue weighted by atomic mass is 9.88. The van der Waals surface area contributed by atoms with Crippen molar-refractivity contribution in [1.82, 2.24) is 10.2 Å². The zero-order valence-electron chi connectivity index (χ0n) is 16.9. The van der Waals surface area contributed by atoms with Crippen LogP contribution >= 0.6 is 0 Å². The number of hydrogen-bond donors (Lipinski definition) is 3. The number of aryl methyl sites for hydroxylation is 1. The molecule has 2 aromatic rings. The average molecular weight is 399 g/mol. The van der Waals surface area contributed by atoms with Gasteiger partial charge in [-0.2, -0.15) is 0 Å². The first-order chi connectivity index (χ1) is 14.0. The van der Waals surface area contributed by atoms with Gasteiger partial charge < -0.3 is 25.2 Å². The summed E-state index contributed by atoms with van der Waals surface area (Å²) >= 11 is 0. The Hall–Kier alpha value is -2.41. The molecule has 0 saturated carbocycles. The predicted molar refractivity (Wildman–Crippen MR) is 112 cm³/mol. The molecule has 0 unspecified atom stereocenters. The number of methoxy groups -OCH3 is 1. The van der Waals surface area contributed by atoms with Gasteiger partial charge in [0.25, 0.3) is 0 Å². The van der Waals surface area contributed by atoms with Crippen molar-refractivity contribution in [1.29, 1.82) is 0 Å². The Morgan fingerprint density at radius 2 is 1.90 bits per heavy atom. The van der Waals surface area contributed by atoms with Crippen LogP contribution in [0.2, 0.25) is 0 Å². The molecule has 6 heteroatoms. The molecule has 2 aromatic carbocycles. The predicted octanol–water partition coefficient (Wildman–Crippen LogP) is 1.74. The Bertz CT molecular complexity index is 781. The molecule has 1 aliphatic rings. The van der Waals surface area contributed by atoms with Crippen LogP contribution in [0.25, 0.3) is 0 Å². The molecule has 2 atom stereocenters. The minimum absolute atomic E-state index is 0.0149. The quantitative estimate of drug-likeness (QED) is 0.631. The van der Waals surface area contributed by atoms with E-state index in [1.807, 2.05) is 54.6 Å². The summed E-state index contributed by atoms with van der Waals surface area (Å²) in [5, 5.41) is 24.6. The first kappa shape index (κ1) is 21.3. The van der Waals surface area contributed by atoms with Crippen molar-refractivity contribution in [2.24, 2.45) is 0 Å². The van der Waals surface area contributed by atoms with Crippen LogP contribution in [0.4, 0.5) is 0 Å². The minimum Gasteiger partial charge on any atom is -0.497 e. The lowest BCUT2D eigenvalue weighted by Crippen LogP contribution is -2.60. The average Bonchev–Trinajstić information content (AvgIpc) is 2.75. The van der Waals surface area contributed by atoms with Crippen molar-refractivity contribution in [2.75, 3.05) is 26.7 Å². The van der Waals surface area contributed by atoms with Crippen LogP contribution in [0, 0.1) is 0 Å². The van der Waals surface area contributed by atoms with Crippen molar-refractivity contribution in [3.05, 3.63) is 65.7 Å². The third-order valence-corrected chi connectivity index (χ3v) is 5.57. The van der Waals surface area contributed by atoms with Crippen LogP contribution in [-0.4, -0.2) is 59.5 Å². The Labute approximate surface area is 172 Å². The summed E-state index contributed by atoms with van der Waals surface area (Å²) in [6, 6.07) is 17.6. The summed E-state index contributed by atoms with van der Waals surface area (Å²) in [5.41, 5.74) is 0.956. The molecule has 0 spiro atoms. The SMILES string of the molecule is COc1ccc(CNC[C@@]2(O)CCN(C(=O)CCc3ccccc3)C[C@@H]2O)cc1. The summed E-state index contributed by atoms with van der Waals surface area (Å²) < 4.78 is 5.15. The molecule has 3 N–H and O–H groups in total. The van der Waals surface area contributed by atoms with Gasteiger partial charge in [-0.05, 0) is 36.1 Å². The van der Waals surface area contributed by atoms with Gasteiger partial charge in [-0.1, -0.05) is 42.5 Å². The molecule has 3 rings (SSSR count). The minimum atomic E-state index is -1.23. The molecule has 0 bridgehead atoms. The normalized spacial score (nSPS) is 21.8. The van der Waals surface area contributed by atoms with Crippen LogP contribution in [-0.2, 0) is 17.8 Å². The van der Waals surface area contributed by atoms with E-state index in [2.05, 4.69) is 5.32 Å². The third-order valence-electron chi connectivity index (χ3n) is 5.57. The molecule has 0 aromatic heterocycles. The van der Waals surface area contributed by atoms with Crippen LogP contribution in [0.3, 0.4) is 0 Å². The zero-order chi connectivity index (χ0) is 20.7. The van der Waals surface area contributed by atoms with Gasteiger partial charge in [0, 0.05) is 32.6 Å². The van der Waals surface area contributed by atoms with Crippen LogP contribution in [0.5, 0.6) is 5.75 Å². The standard InChI is InChI=1S/C23H30N2O4/c1-29-20-10-7-19(8-11-20)15-24-17-23(28)13-14-25(16-21(23)26)22(27)12-9-18-5-3-2-4-6-18/h2-8,10-11,21,24,26,28H,9,12-17H2,1H3/t21-,23-/m0/s1. The highest BCUT2D eigenvalue weighted by molar-refractivity contribution is 5.76. The fraction of sp³-hybridized carbons (Fsp3) is 0.435. The smallest absolute Gasteiger partial charge is 0.222 e. The van der Waals surface area contributed by atoms with Gasteiger partial charge in [0.15, 0.2) is 0 Å². The van der Waals surface area contributed by atoms with E-state index < -0.39 is 11.7 Å². The topological polar surface area (TPSA) is 82.0 Å². The molecule has 0 radical (unpaired) electrons. The number of nitrogens with one attached hydrogen (secondary N) is 1. The van der Waals surface area contributed by atoms with Crippen molar-refractivity contribution < 1.29 is 19.7 Å². The molecule has 1 aliphatic heterocycles. The number of benzene rings is 2. The van der Waals surface area contributed by atoms with E-state index in [0.717, 1.165) is 16.9 Å². The lowest BCUT2D eigenvalue weighted by Gasteiger charge is -2.42. The fourth-order valence-electron chi connectivity index (χ4n) is 3.62. The Morgan fingerprint density at radius 1 is 1.17 bits per heavy atom. The number of carbonyl (C=O) groups is 1. The third kappa shape index (κ3) is 5.79. The van der Waals surface area contributed by atoms with Crippen LogP contribution in [0.15, 0.2) is 54.6 Å². The number of rotatable bonds is 8. The largest absolute Gasteiger partial charge is 0.497 e. The van der Waals surface area contributed by atoms with E-state index >= 15 is 0 Å². The number of piperidine rings is 1. The second kappa shape index (κ2) is 9.87.